The predicted molar refractivity (Wildman–Crippen MR) is 228 cm³/mol. The maximum atomic E-state index is 12.2. The SMILES string of the molecule is CCCCCCCCC/C=C\CCCCCCCCCC(=O)OC(CO)COCCCCCCCCCCCCCCCCCCCCCCCC. The van der Waals surface area contributed by atoms with Crippen molar-refractivity contribution in [2.75, 3.05) is 19.8 Å². The second-order valence-electron chi connectivity index (χ2n) is 16.2. The van der Waals surface area contributed by atoms with Gasteiger partial charge in [-0.2, -0.15) is 0 Å². The normalized spacial score (nSPS) is 12.3. The van der Waals surface area contributed by atoms with Crippen LogP contribution in [0.3, 0.4) is 0 Å². The van der Waals surface area contributed by atoms with Gasteiger partial charge in [0.15, 0.2) is 0 Å². The zero-order valence-corrected chi connectivity index (χ0v) is 35.6. The number of carbonyl (C=O) groups excluding carboxylic acids is 1. The average Bonchev–Trinajstić information content (AvgIpc) is 3.15. The zero-order chi connectivity index (χ0) is 37.7. The molecule has 0 saturated carbocycles. The smallest absolute Gasteiger partial charge is 0.306 e. The van der Waals surface area contributed by atoms with Gasteiger partial charge in [-0.25, -0.2) is 0 Å². The van der Waals surface area contributed by atoms with Crippen LogP contribution in [0, 0.1) is 0 Å². The van der Waals surface area contributed by atoms with Gasteiger partial charge in [-0.05, 0) is 38.5 Å². The third kappa shape index (κ3) is 43.5. The topological polar surface area (TPSA) is 55.8 Å². The second-order valence-corrected chi connectivity index (χ2v) is 16.2. The lowest BCUT2D eigenvalue weighted by Crippen LogP contribution is -2.27. The van der Waals surface area contributed by atoms with Crippen molar-refractivity contribution in [1.82, 2.24) is 0 Å². The molecule has 1 atom stereocenters. The lowest BCUT2D eigenvalue weighted by Gasteiger charge is -2.16. The molecule has 4 nitrogen and oxygen atoms in total. The van der Waals surface area contributed by atoms with Gasteiger partial charge in [0, 0.05) is 13.0 Å². The summed E-state index contributed by atoms with van der Waals surface area (Å²) in [7, 11) is 0. The summed E-state index contributed by atoms with van der Waals surface area (Å²) in [5.74, 6) is -0.199. The van der Waals surface area contributed by atoms with Crippen molar-refractivity contribution in [3.63, 3.8) is 0 Å². The van der Waals surface area contributed by atoms with Crippen molar-refractivity contribution < 1.29 is 19.4 Å². The van der Waals surface area contributed by atoms with Crippen LogP contribution in [0.2, 0.25) is 0 Å². The summed E-state index contributed by atoms with van der Waals surface area (Å²) >= 11 is 0. The quantitative estimate of drug-likeness (QED) is 0.0384. The third-order valence-corrected chi connectivity index (χ3v) is 10.8. The van der Waals surface area contributed by atoms with E-state index in [0.29, 0.717) is 19.6 Å². The maximum absolute atomic E-state index is 12.2. The van der Waals surface area contributed by atoms with Crippen LogP contribution in [0.15, 0.2) is 12.2 Å². The van der Waals surface area contributed by atoms with Crippen molar-refractivity contribution in [2.45, 2.75) is 270 Å². The van der Waals surface area contributed by atoms with Gasteiger partial charge < -0.3 is 14.6 Å². The summed E-state index contributed by atoms with van der Waals surface area (Å²) in [6.45, 7) is 5.39. The maximum Gasteiger partial charge on any atom is 0.306 e. The molecule has 1 unspecified atom stereocenters. The zero-order valence-electron chi connectivity index (χ0n) is 35.6. The number of aliphatic hydroxyl groups excluding tert-OH is 1. The second kappa shape index (κ2) is 46.3. The van der Waals surface area contributed by atoms with Gasteiger partial charge in [0.2, 0.25) is 0 Å². The summed E-state index contributed by atoms with van der Waals surface area (Å²) in [4.78, 5) is 12.2. The molecule has 0 saturated heterocycles. The molecule has 0 rings (SSSR count). The van der Waals surface area contributed by atoms with Gasteiger partial charge in [0.1, 0.15) is 6.10 Å². The largest absolute Gasteiger partial charge is 0.457 e. The standard InChI is InChI=1S/C48H94O4/c1-3-5-7-9-11-13-15-17-19-21-23-24-25-26-28-30-32-34-36-38-40-42-44-51-46-47(45-49)52-48(50)43-41-39-37-35-33-31-29-27-22-20-18-16-14-12-10-8-6-4-2/h20,22,47,49H,3-19,21,23-46H2,1-2H3/b22-20-. The van der Waals surface area contributed by atoms with E-state index in [1.807, 2.05) is 0 Å². The molecule has 4 heteroatoms. The Morgan fingerprint density at radius 3 is 1.10 bits per heavy atom. The molecule has 0 spiro atoms. The van der Waals surface area contributed by atoms with E-state index in [1.165, 1.54) is 225 Å². The molecular formula is C48H94O4. The first-order valence-corrected chi connectivity index (χ1v) is 23.8. The number of rotatable bonds is 45. The van der Waals surface area contributed by atoms with Crippen molar-refractivity contribution in [3.05, 3.63) is 12.2 Å². The number of aliphatic hydroxyl groups is 1. The van der Waals surface area contributed by atoms with Gasteiger partial charge >= 0.3 is 5.97 Å². The van der Waals surface area contributed by atoms with Crippen molar-refractivity contribution in [1.29, 1.82) is 0 Å². The summed E-state index contributed by atoms with van der Waals surface area (Å²) in [6, 6.07) is 0. The summed E-state index contributed by atoms with van der Waals surface area (Å²) < 4.78 is 11.2. The molecule has 0 amide bonds. The van der Waals surface area contributed by atoms with Gasteiger partial charge in [0.25, 0.3) is 0 Å². The number of ether oxygens (including phenoxy) is 2. The predicted octanol–water partition coefficient (Wildman–Crippen LogP) is 15.7. The molecule has 0 aliphatic heterocycles. The van der Waals surface area contributed by atoms with E-state index in [1.54, 1.807) is 0 Å². The number of unbranched alkanes of at least 4 members (excludes halogenated alkanes) is 35. The molecule has 0 aromatic heterocycles. The highest BCUT2D eigenvalue weighted by Crippen LogP contribution is 2.16. The monoisotopic (exact) mass is 735 g/mol. The van der Waals surface area contributed by atoms with E-state index in [-0.39, 0.29) is 12.6 Å². The fraction of sp³-hybridized carbons (Fsp3) is 0.938. The van der Waals surface area contributed by atoms with Crippen LogP contribution < -0.4 is 0 Å². The lowest BCUT2D eigenvalue weighted by molar-refractivity contribution is -0.154. The van der Waals surface area contributed by atoms with Crippen LogP contribution in [0.1, 0.15) is 264 Å². The van der Waals surface area contributed by atoms with E-state index < -0.39 is 6.10 Å². The van der Waals surface area contributed by atoms with Crippen molar-refractivity contribution in [3.8, 4) is 0 Å². The van der Waals surface area contributed by atoms with E-state index >= 15 is 0 Å². The van der Waals surface area contributed by atoms with Crippen LogP contribution in [-0.4, -0.2) is 37.0 Å². The number of hydrogen-bond acceptors (Lipinski definition) is 4. The molecule has 0 bridgehead atoms. The number of carbonyl (C=O) groups is 1. The summed E-state index contributed by atoms with van der Waals surface area (Å²) in [6.07, 6.45) is 55.8. The Labute approximate surface area is 326 Å². The Kier molecular flexibility index (Phi) is 45.5. The van der Waals surface area contributed by atoms with Crippen molar-refractivity contribution >= 4 is 5.97 Å². The van der Waals surface area contributed by atoms with Crippen LogP contribution in [-0.2, 0) is 14.3 Å². The minimum Gasteiger partial charge on any atom is -0.457 e. The third-order valence-electron chi connectivity index (χ3n) is 10.8. The molecule has 310 valence electrons. The highest BCUT2D eigenvalue weighted by molar-refractivity contribution is 5.69. The molecule has 0 aromatic rings. The fourth-order valence-corrected chi connectivity index (χ4v) is 7.27. The van der Waals surface area contributed by atoms with E-state index in [2.05, 4.69) is 26.0 Å². The molecule has 0 radical (unpaired) electrons. The van der Waals surface area contributed by atoms with Gasteiger partial charge in [-0.3, -0.25) is 4.79 Å². The van der Waals surface area contributed by atoms with Gasteiger partial charge in [0.05, 0.1) is 13.2 Å². The van der Waals surface area contributed by atoms with Crippen molar-refractivity contribution in [2.24, 2.45) is 0 Å². The Bertz CT molecular complexity index is 692. The first kappa shape index (κ1) is 51.1. The average molecular weight is 735 g/mol. The molecule has 0 aromatic carbocycles. The molecule has 0 aliphatic rings. The molecule has 1 N–H and O–H groups in total. The Hall–Kier alpha value is -0.870. The minimum absolute atomic E-state index is 0.167. The highest BCUT2D eigenvalue weighted by atomic mass is 16.6. The fourth-order valence-electron chi connectivity index (χ4n) is 7.27. The Morgan fingerprint density at radius 2 is 0.750 bits per heavy atom. The summed E-state index contributed by atoms with van der Waals surface area (Å²) in [5, 5.41) is 9.62. The number of esters is 1. The molecule has 0 heterocycles. The first-order chi connectivity index (χ1) is 25.7. The van der Waals surface area contributed by atoms with Gasteiger partial charge in [-0.1, -0.05) is 231 Å². The lowest BCUT2D eigenvalue weighted by atomic mass is 10.0. The van der Waals surface area contributed by atoms with Crippen LogP contribution in [0.4, 0.5) is 0 Å². The number of hydrogen-bond donors (Lipinski definition) is 1. The Morgan fingerprint density at radius 1 is 0.442 bits per heavy atom. The molecule has 0 aliphatic carbocycles. The van der Waals surface area contributed by atoms with Crippen LogP contribution >= 0.6 is 0 Å². The molecule has 52 heavy (non-hydrogen) atoms. The minimum atomic E-state index is -0.531. The molecular weight excluding hydrogens is 641 g/mol. The number of allylic oxidation sites excluding steroid dienone is 2. The van der Waals surface area contributed by atoms with Crippen LogP contribution in [0.5, 0.6) is 0 Å². The van der Waals surface area contributed by atoms with Crippen LogP contribution in [0.25, 0.3) is 0 Å². The van der Waals surface area contributed by atoms with E-state index in [0.717, 1.165) is 19.3 Å². The highest BCUT2D eigenvalue weighted by Gasteiger charge is 2.13. The van der Waals surface area contributed by atoms with Gasteiger partial charge in [-0.15, -0.1) is 0 Å². The molecule has 0 fully saturated rings. The summed E-state index contributed by atoms with van der Waals surface area (Å²) in [5.41, 5.74) is 0. The first-order valence-electron chi connectivity index (χ1n) is 23.8. The van der Waals surface area contributed by atoms with E-state index in [4.69, 9.17) is 9.47 Å². The van der Waals surface area contributed by atoms with E-state index in [9.17, 15) is 9.90 Å². The Balaban J connectivity index is 3.36.